The highest BCUT2D eigenvalue weighted by atomic mass is 32.2. The van der Waals surface area contributed by atoms with E-state index in [2.05, 4.69) is 20.3 Å². The third-order valence-corrected chi connectivity index (χ3v) is 6.06. The van der Waals surface area contributed by atoms with Gasteiger partial charge in [-0.1, -0.05) is 0 Å². The summed E-state index contributed by atoms with van der Waals surface area (Å²) in [4.78, 5) is 15.0. The Kier molecular flexibility index (Phi) is 4.14. The number of benzene rings is 1. The summed E-state index contributed by atoms with van der Waals surface area (Å²) in [6.07, 6.45) is 6.22. The molecular formula is C18H14N4O2S2. The van der Waals surface area contributed by atoms with Gasteiger partial charge in [0, 0.05) is 29.2 Å². The van der Waals surface area contributed by atoms with Crippen molar-refractivity contribution >= 4 is 42.9 Å². The number of nitrogens with one attached hydrogen (secondary N) is 1. The lowest BCUT2D eigenvalue weighted by Crippen LogP contribution is -1.98. The largest absolute Gasteiger partial charge is 0.340 e. The lowest BCUT2D eigenvalue weighted by molar-refractivity contribution is 0.602. The first-order valence-electron chi connectivity index (χ1n) is 7.73. The minimum Gasteiger partial charge on any atom is -0.340 e. The molecule has 3 aromatic heterocycles. The number of pyridine rings is 1. The molecule has 4 rings (SSSR count). The van der Waals surface area contributed by atoms with Crippen LogP contribution in [-0.2, 0) is 9.84 Å². The van der Waals surface area contributed by atoms with E-state index in [4.69, 9.17) is 0 Å². The molecule has 8 heteroatoms. The Morgan fingerprint density at radius 1 is 1.00 bits per heavy atom. The van der Waals surface area contributed by atoms with Crippen molar-refractivity contribution in [3.8, 4) is 10.4 Å². The summed E-state index contributed by atoms with van der Waals surface area (Å²) in [5.74, 6) is 0.679. The van der Waals surface area contributed by atoms with Gasteiger partial charge in [0.25, 0.3) is 0 Å². The minimum atomic E-state index is -3.21. The topological polar surface area (TPSA) is 84.8 Å². The van der Waals surface area contributed by atoms with E-state index in [0.717, 1.165) is 26.3 Å². The van der Waals surface area contributed by atoms with Crippen molar-refractivity contribution in [3.05, 3.63) is 61.2 Å². The maximum Gasteiger partial charge on any atom is 0.175 e. The van der Waals surface area contributed by atoms with Crippen molar-refractivity contribution < 1.29 is 8.42 Å². The Hall–Kier alpha value is -2.84. The molecule has 0 atom stereocenters. The van der Waals surface area contributed by atoms with Crippen LogP contribution in [0.1, 0.15) is 0 Å². The summed E-state index contributed by atoms with van der Waals surface area (Å²) in [6.45, 7) is 0. The summed E-state index contributed by atoms with van der Waals surface area (Å²) in [5.41, 5.74) is 1.83. The zero-order valence-electron chi connectivity index (χ0n) is 13.7. The molecule has 0 bridgehead atoms. The molecule has 26 heavy (non-hydrogen) atoms. The van der Waals surface area contributed by atoms with E-state index >= 15 is 0 Å². The highest BCUT2D eigenvalue weighted by Crippen LogP contribution is 2.35. The molecule has 6 nitrogen and oxygen atoms in total. The first-order valence-corrected chi connectivity index (χ1v) is 10.4. The second kappa shape index (κ2) is 6.47. The second-order valence-electron chi connectivity index (χ2n) is 5.71. The number of hydrogen-bond donors (Lipinski definition) is 1. The molecule has 4 aromatic rings. The first-order chi connectivity index (χ1) is 12.5. The SMILES string of the molecule is CS(=O)(=O)c1ccc(Nc2ncnc3sc(-c4ccncc4)cc23)cc1. The molecule has 130 valence electrons. The average molecular weight is 382 g/mol. The van der Waals surface area contributed by atoms with Gasteiger partial charge >= 0.3 is 0 Å². The average Bonchev–Trinajstić information content (AvgIpc) is 3.08. The van der Waals surface area contributed by atoms with Crippen LogP contribution in [0.15, 0.2) is 66.1 Å². The van der Waals surface area contributed by atoms with Gasteiger partial charge in [0.1, 0.15) is 17.0 Å². The quantitative estimate of drug-likeness (QED) is 0.576. The third-order valence-electron chi connectivity index (χ3n) is 3.84. The van der Waals surface area contributed by atoms with Crippen LogP contribution < -0.4 is 5.32 Å². The predicted molar refractivity (Wildman–Crippen MR) is 103 cm³/mol. The molecule has 0 spiro atoms. The summed E-state index contributed by atoms with van der Waals surface area (Å²) in [5, 5.41) is 4.15. The Bertz CT molecular complexity index is 1170. The van der Waals surface area contributed by atoms with Crippen molar-refractivity contribution in [1.82, 2.24) is 15.0 Å². The van der Waals surface area contributed by atoms with Crippen molar-refractivity contribution in [2.24, 2.45) is 0 Å². The van der Waals surface area contributed by atoms with Gasteiger partial charge in [0.2, 0.25) is 0 Å². The van der Waals surface area contributed by atoms with Gasteiger partial charge < -0.3 is 5.32 Å². The lowest BCUT2D eigenvalue weighted by Gasteiger charge is -2.07. The Morgan fingerprint density at radius 2 is 1.73 bits per heavy atom. The molecule has 0 saturated carbocycles. The van der Waals surface area contributed by atoms with Crippen LogP contribution in [0.25, 0.3) is 20.7 Å². The molecule has 0 saturated heterocycles. The Labute approximate surface area is 154 Å². The van der Waals surface area contributed by atoms with Crippen LogP contribution >= 0.6 is 11.3 Å². The van der Waals surface area contributed by atoms with Gasteiger partial charge in [0.15, 0.2) is 9.84 Å². The molecule has 0 aliphatic heterocycles. The van der Waals surface area contributed by atoms with E-state index < -0.39 is 9.84 Å². The van der Waals surface area contributed by atoms with Crippen molar-refractivity contribution in [1.29, 1.82) is 0 Å². The number of nitrogens with zero attached hydrogens (tertiary/aromatic N) is 3. The molecule has 1 aromatic carbocycles. The smallest absolute Gasteiger partial charge is 0.175 e. The number of fused-ring (bicyclic) bond motifs is 1. The highest BCUT2D eigenvalue weighted by Gasteiger charge is 2.11. The van der Waals surface area contributed by atoms with E-state index in [9.17, 15) is 8.42 Å². The fraction of sp³-hybridized carbons (Fsp3) is 0.0556. The van der Waals surface area contributed by atoms with Crippen molar-refractivity contribution in [3.63, 3.8) is 0 Å². The van der Waals surface area contributed by atoms with Crippen LogP contribution in [-0.4, -0.2) is 29.6 Å². The van der Waals surface area contributed by atoms with E-state index in [1.807, 2.05) is 18.2 Å². The maximum absolute atomic E-state index is 11.6. The van der Waals surface area contributed by atoms with E-state index in [-0.39, 0.29) is 4.90 Å². The molecule has 0 aliphatic carbocycles. The normalized spacial score (nSPS) is 11.6. The van der Waals surface area contributed by atoms with Crippen molar-refractivity contribution in [2.45, 2.75) is 4.90 Å². The molecular weight excluding hydrogens is 368 g/mol. The molecule has 1 N–H and O–H groups in total. The van der Waals surface area contributed by atoms with Crippen LogP contribution in [0.2, 0.25) is 0 Å². The van der Waals surface area contributed by atoms with Gasteiger partial charge in [-0.3, -0.25) is 4.98 Å². The second-order valence-corrected chi connectivity index (χ2v) is 8.76. The van der Waals surface area contributed by atoms with Gasteiger partial charge in [-0.25, -0.2) is 18.4 Å². The summed E-state index contributed by atoms with van der Waals surface area (Å²) >= 11 is 1.58. The van der Waals surface area contributed by atoms with E-state index in [0.29, 0.717) is 5.82 Å². The molecule has 0 fully saturated rings. The summed E-state index contributed by atoms with van der Waals surface area (Å²) in [6, 6.07) is 12.5. The van der Waals surface area contributed by atoms with Gasteiger partial charge in [-0.15, -0.1) is 11.3 Å². The molecule has 0 aliphatic rings. The maximum atomic E-state index is 11.6. The molecule has 0 radical (unpaired) electrons. The van der Waals surface area contributed by atoms with Crippen molar-refractivity contribution in [2.75, 3.05) is 11.6 Å². The number of sulfone groups is 1. The number of rotatable bonds is 4. The Morgan fingerprint density at radius 3 is 2.42 bits per heavy atom. The van der Waals surface area contributed by atoms with Crippen LogP contribution in [0, 0.1) is 0 Å². The highest BCUT2D eigenvalue weighted by molar-refractivity contribution is 7.90. The van der Waals surface area contributed by atoms with Gasteiger partial charge in [-0.05, 0) is 48.0 Å². The first kappa shape index (κ1) is 16.6. The zero-order valence-corrected chi connectivity index (χ0v) is 15.4. The number of anilines is 2. The summed E-state index contributed by atoms with van der Waals surface area (Å²) in [7, 11) is -3.21. The third kappa shape index (κ3) is 3.29. The molecule has 0 amide bonds. The standard InChI is InChI=1S/C18H14N4O2S2/c1-26(23,24)14-4-2-13(3-5-14)22-17-15-10-16(12-6-8-19-9-7-12)25-18(15)21-11-20-17/h2-11H,1H3,(H,20,21,22). The summed E-state index contributed by atoms with van der Waals surface area (Å²) < 4.78 is 23.1. The predicted octanol–water partition coefficient (Wildman–Crippen LogP) is 3.90. The number of aromatic nitrogens is 3. The Balaban J connectivity index is 1.70. The lowest BCUT2D eigenvalue weighted by atomic mass is 10.2. The fourth-order valence-electron chi connectivity index (χ4n) is 2.54. The number of thiophene rings is 1. The van der Waals surface area contributed by atoms with E-state index in [1.54, 1.807) is 48.0 Å². The van der Waals surface area contributed by atoms with Crippen LogP contribution in [0.3, 0.4) is 0 Å². The monoisotopic (exact) mass is 382 g/mol. The van der Waals surface area contributed by atoms with Crippen LogP contribution in [0.4, 0.5) is 11.5 Å². The van der Waals surface area contributed by atoms with E-state index in [1.165, 1.54) is 12.6 Å². The van der Waals surface area contributed by atoms with Crippen LogP contribution in [0.5, 0.6) is 0 Å². The minimum absolute atomic E-state index is 0.284. The van der Waals surface area contributed by atoms with Gasteiger partial charge in [-0.2, -0.15) is 0 Å². The fourth-order valence-corrected chi connectivity index (χ4v) is 4.17. The number of hydrogen-bond acceptors (Lipinski definition) is 7. The zero-order chi connectivity index (χ0) is 18.1. The molecule has 0 unspecified atom stereocenters. The molecule has 3 heterocycles. The van der Waals surface area contributed by atoms with Gasteiger partial charge in [0.05, 0.1) is 10.3 Å².